The maximum atomic E-state index is 14.6. The summed E-state index contributed by atoms with van der Waals surface area (Å²) in [6, 6.07) is 19.0. The first-order valence-corrected chi connectivity index (χ1v) is 14.2. The Kier molecular flexibility index (Phi) is 10.4. The van der Waals surface area contributed by atoms with E-state index in [0.29, 0.717) is 12.3 Å². The Labute approximate surface area is 229 Å². The summed E-state index contributed by atoms with van der Waals surface area (Å²) in [4.78, 5) is 28.0. The minimum Gasteiger partial charge on any atom is -0.497 e. The van der Waals surface area contributed by atoms with Crippen LogP contribution in [0.1, 0.15) is 32.3 Å². The van der Waals surface area contributed by atoms with Gasteiger partial charge in [0.1, 0.15) is 24.2 Å². The van der Waals surface area contributed by atoms with Gasteiger partial charge in [0.2, 0.25) is 11.8 Å². The smallest absolute Gasteiger partial charge is 0.264 e. The molecular weight excluding hydrogens is 521 g/mol. The van der Waals surface area contributed by atoms with E-state index in [-0.39, 0.29) is 22.7 Å². The van der Waals surface area contributed by atoms with Crippen LogP contribution in [0, 0.1) is 5.82 Å². The lowest BCUT2D eigenvalue weighted by Crippen LogP contribution is -2.51. The van der Waals surface area contributed by atoms with Crippen molar-refractivity contribution in [3.8, 4) is 5.75 Å². The van der Waals surface area contributed by atoms with E-state index in [1.54, 1.807) is 43.3 Å². The lowest BCUT2D eigenvalue weighted by atomic mass is 10.1. The number of nitrogens with one attached hydrogen (secondary N) is 1. The van der Waals surface area contributed by atoms with Gasteiger partial charge < -0.3 is 15.0 Å². The highest BCUT2D eigenvalue weighted by Gasteiger charge is 2.32. The number of rotatable bonds is 13. The van der Waals surface area contributed by atoms with Crippen LogP contribution in [0.3, 0.4) is 0 Å². The van der Waals surface area contributed by atoms with Crippen LogP contribution < -0.4 is 14.4 Å². The fraction of sp³-hybridized carbons (Fsp3) is 0.310. The van der Waals surface area contributed by atoms with E-state index in [1.165, 1.54) is 54.5 Å². The van der Waals surface area contributed by atoms with Crippen molar-refractivity contribution in [2.75, 3.05) is 24.5 Å². The van der Waals surface area contributed by atoms with Crippen molar-refractivity contribution in [1.29, 1.82) is 0 Å². The lowest BCUT2D eigenvalue weighted by molar-refractivity contribution is -0.139. The standard InChI is InChI=1S/C29H34FN3O5S/c1-4-5-19-31-29(35)22(2)32(20-23-11-9-10-14-27(23)30)28(34)21-33(24-15-17-25(38-3)18-16-24)39(36,37)26-12-7-6-8-13-26/h6-18,22H,4-5,19-21H2,1-3H3,(H,31,35). The van der Waals surface area contributed by atoms with Crippen LogP contribution in [-0.4, -0.2) is 51.4 Å². The molecule has 10 heteroatoms. The van der Waals surface area contributed by atoms with Gasteiger partial charge in [-0.2, -0.15) is 0 Å². The number of hydrogen-bond donors (Lipinski definition) is 1. The highest BCUT2D eigenvalue weighted by atomic mass is 32.2. The van der Waals surface area contributed by atoms with Gasteiger partial charge in [0, 0.05) is 18.7 Å². The Morgan fingerprint density at radius 2 is 1.62 bits per heavy atom. The van der Waals surface area contributed by atoms with Gasteiger partial charge in [-0.25, -0.2) is 12.8 Å². The molecule has 2 amide bonds. The van der Waals surface area contributed by atoms with Crippen molar-refractivity contribution in [2.24, 2.45) is 0 Å². The van der Waals surface area contributed by atoms with E-state index in [2.05, 4.69) is 5.32 Å². The molecule has 0 aromatic heterocycles. The molecule has 0 fully saturated rings. The molecule has 0 saturated heterocycles. The molecule has 0 aliphatic heterocycles. The van der Waals surface area contributed by atoms with Gasteiger partial charge in [-0.1, -0.05) is 49.7 Å². The summed E-state index contributed by atoms with van der Waals surface area (Å²) >= 11 is 0. The molecule has 8 nitrogen and oxygen atoms in total. The molecule has 0 saturated carbocycles. The third kappa shape index (κ3) is 7.57. The van der Waals surface area contributed by atoms with E-state index in [9.17, 15) is 22.4 Å². The molecular formula is C29H34FN3O5S. The number of nitrogens with zero attached hydrogens (tertiary/aromatic N) is 2. The van der Waals surface area contributed by atoms with Crippen LogP contribution in [0.2, 0.25) is 0 Å². The van der Waals surface area contributed by atoms with Gasteiger partial charge in [0.15, 0.2) is 0 Å². The Morgan fingerprint density at radius 3 is 2.23 bits per heavy atom. The van der Waals surface area contributed by atoms with Gasteiger partial charge in [0.25, 0.3) is 10.0 Å². The monoisotopic (exact) mass is 555 g/mol. The fourth-order valence-electron chi connectivity index (χ4n) is 3.93. The van der Waals surface area contributed by atoms with E-state index < -0.39 is 40.2 Å². The maximum absolute atomic E-state index is 14.6. The minimum absolute atomic E-state index is 0.000344. The number of carbonyl (C=O) groups excluding carboxylic acids is 2. The number of amides is 2. The number of methoxy groups -OCH3 is 1. The largest absolute Gasteiger partial charge is 0.497 e. The SMILES string of the molecule is CCCCNC(=O)C(C)N(Cc1ccccc1F)C(=O)CN(c1ccc(OC)cc1)S(=O)(=O)c1ccccc1. The van der Waals surface area contributed by atoms with Gasteiger partial charge in [-0.3, -0.25) is 13.9 Å². The average molecular weight is 556 g/mol. The number of unbranched alkanes of at least 4 members (excludes halogenated alkanes) is 1. The fourth-order valence-corrected chi connectivity index (χ4v) is 5.36. The van der Waals surface area contributed by atoms with E-state index in [4.69, 9.17) is 4.74 Å². The van der Waals surface area contributed by atoms with Crippen molar-refractivity contribution in [3.05, 3.63) is 90.2 Å². The quantitative estimate of drug-likeness (QED) is 0.316. The van der Waals surface area contributed by atoms with Gasteiger partial charge >= 0.3 is 0 Å². The third-order valence-corrected chi connectivity index (χ3v) is 8.05. The van der Waals surface area contributed by atoms with Crippen LogP contribution >= 0.6 is 0 Å². The molecule has 0 aliphatic carbocycles. The molecule has 0 bridgehead atoms. The summed E-state index contributed by atoms with van der Waals surface area (Å²) in [7, 11) is -2.69. The zero-order valence-electron chi connectivity index (χ0n) is 22.3. The molecule has 39 heavy (non-hydrogen) atoms. The van der Waals surface area contributed by atoms with E-state index >= 15 is 0 Å². The number of halogens is 1. The average Bonchev–Trinajstić information content (AvgIpc) is 2.95. The van der Waals surface area contributed by atoms with Crippen LogP contribution in [0.25, 0.3) is 0 Å². The number of hydrogen-bond acceptors (Lipinski definition) is 5. The summed E-state index contributed by atoms with van der Waals surface area (Å²) < 4.78 is 48.2. The molecule has 3 aromatic rings. The number of benzene rings is 3. The lowest BCUT2D eigenvalue weighted by Gasteiger charge is -2.32. The summed E-state index contributed by atoms with van der Waals surface area (Å²) in [5.74, 6) is -1.08. The van der Waals surface area contributed by atoms with E-state index in [1.807, 2.05) is 6.92 Å². The topological polar surface area (TPSA) is 96.0 Å². The van der Waals surface area contributed by atoms with Crippen LogP contribution in [0.15, 0.2) is 83.8 Å². The predicted octanol–water partition coefficient (Wildman–Crippen LogP) is 4.36. The maximum Gasteiger partial charge on any atom is 0.264 e. The second-order valence-electron chi connectivity index (χ2n) is 8.96. The molecule has 0 heterocycles. The highest BCUT2D eigenvalue weighted by Crippen LogP contribution is 2.26. The highest BCUT2D eigenvalue weighted by molar-refractivity contribution is 7.92. The Hall–Kier alpha value is -3.92. The molecule has 1 N–H and O–H groups in total. The van der Waals surface area contributed by atoms with Crippen molar-refractivity contribution in [3.63, 3.8) is 0 Å². The van der Waals surface area contributed by atoms with Crippen molar-refractivity contribution in [2.45, 2.75) is 44.2 Å². The Bertz CT molecular complexity index is 1350. The van der Waals surface area contributed by atoms with Crippen LogP contribution in [-0.2, 0) is 26.2 Å². The molecule has 0 radical (unpaired) electrons. The number of carbonyl (C=O) groups is 2. The zero-order valence-corrected chi connectivity index (χ0v) is 23.2. The number of anilines is 1. The van der Waals surface area contributed by atoms with Gasteiger partial charge in [-0.05, 0) is 55.8 Å². The summed E-state index contributed by atoms with van der Waals surface area (Å²) in [5, 5.41) is 2.80. The van der Waals surface area contributed by atoms with Crippen molar-refractivity contribution < 1.29 is 27.1 Å². The Balaban J connectivity index is 2.00. The second kappa shape index (κ2) is 13.7. The Morgan fingerprint density at radius 1 is 0.974 bits per heavy atom. The van der Waals surface area contributed by atoms with Crippen LogP contribution in [0.5, 0.6) is 5.75 Å². The number of sulfonamides is 1. The van der Waals surface area contributed by atoms with Crippen molar-refractivity contribution >= 4 is 27.5 Å². The third-order valence-electron chi connectivity index (χ3n) is 6.27. The van der Waals surface area contributed by atoms with Gasteiger partial charge in [-0.15, -0.1) is 0 Å². The normalized spacial score (nSPS) is 11.9. The zero-order chi connectivity index (χ0) is 28.4. The first-order chi connectivity index (χ1) is 18.7. The molecule has 1 atom stereocenters. The van der Waals surface area contributed by atoms with E-state index in [0.717, 1.165) is 17.1 Å². The first-order valence-electron chi connectivity index (χ1n) is 12.7. The summed E-state index contributed by atoms with van der Waals surface area (Å²) in [5.41, 5.74) is 0.444. The van der Waals surface area contributed by atoms with Crippen molar-refractivity contribution in [1.82, 2.24) is 10.2 Å². The molecule has 208 valence electrons. The predicted molar refractivity (Wildman–Crippen MR) is 148 cm³/mol. The first kappa shape index (κ1) is 29.6. The molecule has 1 unspecified atom stereocenters. The number of ether oxygens (including phenoxy) is 1. The molecule has 3 rings (SSSR count). The second-order valence-corrected chi connectivity index (χ2v) is 10.8. The molecule has 0 spiro atoms. The van der Waals surface area contributed by atoms with Crippen LogP contribution in [0.4, 0.5) is 10.1 Å². The molecule has 3 aromatic carbocycles. The molecule has 0 aliphatic rings. The van der Waals surface area contributed by atoms with Gasteiger partial charge in [0.05, 0.1) is 17.7 Å². The summed E-state index contributed by atoms with van der Waals surface area (Å²) in [6.45, 7) is 3.15. The minimum atomic E-state index is -4.18. The summed E-state index contributed by atoms with van der Waals surface area (Å²) in [6.07, 6.45) is 1.64.